The van der Waals surface area contributed by atoms with Crippen LogP contribution in [0.5, 0.6) is 0 Å². The van der Waals surface area contributed by atoms with E-state index in [4.69, 9.17) is 5.73 Å². The summed E-state index contributed by atoms with van der Waals surface area (Å²) < 4.78 is 0. The smallest absolute Gasteiger partial charge is 0.239 e. The summed E-state index contributed by atoms with van der Waals surface area (Å²) >= 11 is 0. The number of nitrogens with zero attached hydrogens (tertiary/aromatic N) is 2. The Morgan fingerprint density at radius 3 is 2.59 bits per heavy atom. The molecule has 0 bridgehead atoms. The molecule has 0 atom stereocenters. The number of carbonyl (C=O) groups excluding carboxylic acids is 1. The molecule has 94 valence electrons. The van der Waals surface area contributed by atoms with Gasteiger partial charge in [0.25, 0.3) is 0 Å². The van der Waals surface area contributed by atoms with Crippen LogP contribution in [0.2, 0.25) is 0 Å². The van der Waals surface area contributed by atoms with E-state index in [-0.39, 0.29) is 18.5 Å². The maximum absolute atomic E-state index is 11.5. The highest BCUT2D eigenvalue weighted by Gasteiger charge is 2.08. The highest BCUT2D eigenvalue weighted by atomic mass is 16.1. The standard InChI is InChI=1S/C11H19N5O/c1-6(2)14-9(17)5-13-11-7(3)10(12)15-8(4)16-11/h6H,5H2,1-4H3,(H,14,17)(H3,12,13,15,16). The van der Waals surface area contributed by atoms with Crippen molar-refractivity contribution in [2.75, 3.05) is 17.6 Å². The lowest BCUT2D eigenvalue weighted by atomic mass is 10.3. The fourth-order valence-corrected chi connectivity index (χ4v) is 1.36. The minimum absolute atomic E-state index is 0.0748. The van der Waals surface area contributed by atoms with Crippen LogP contribution < -0.4 is 16.4 Å². The molecule has 1 rings (SSSR count). The van der Waals surface area contributed by atoms with E-state index in [2.05, 4.69) is 20.6 Å². The molecule has 1 aromatic heterocycles. The summed E-state index contributed by atoms with van der Waals surface area (Å²) in [5, 5.41) is 5.74. The van der Waals surface area contributed by atoms with E-state index >= 15 is 0 Å². The highest BCUT2D eigenvalue weighted by molar-refractivity contribution is 5.81. The SMILES string of the molecule is Cc1nc(N)c(C)c(NCC(=O)NC(C)C)n1. The number of nitrogen functional groups attached to an aromatic ring is 1. The molecule has 0 fully saturated rings. The summed E-state index contributed by atoms with van der Waals surface area (Å²) in [6.07, 6.45) is 0. The van der Waals surface area contributed by atoms with E-state index in [0.717, 1.165) is 5.56 Å². The van der Waals surface area contributed by atoms with Gasteiger partial charge in [0, 0.05) is 11.6 Å². The van der Waals surface area contributed by atoms with Crippen LogP contribution in [-0.4, -0.2) is 28.5 Å². The molecule has 6 nitrogen and oxygen atoms in total. The van der Waals surface area contributed by atoms with Gasteiger partial charge in [0.05, 0.1) is 6.54 Å². The minimum atomic E-state index is -0.0748. The molecule has 1 aromatic rings. The van der Waals surface area contributed by atoms with Gasteiger partial charge in [0.15, 0.2) is 0 Å². The van der Waals surface area contributed by atoms with Crippen LogP contribution in [0.4, 0.5) is 11.6 Å². The lowest BCUT2D eigenvalue weighted by Gasteiger charge is -2.12. The summed E-state index contributed by atoms with van der Waals surface area (Å²) in [5.41, 5.74) is 6.47. The molecular weight excluding hydrogens is 218 g/mol. The van der Waals surface area contributed by atoms with Gasteiger partial charge >= 0.3 is 0 Å². The zero-order valence-electron chi connectivity index (χ0n) is 10.7. The molecule has 4 N–H and O–H groups in total. The summed E-state index contributed by atoms with van der Waals surface area (Å²) in [7, 11) is 0. The van der Waals surface area contributed by atoms with Gasteiger partial charge in [-0.3, -0.25) is 4.79 Å². The van der Waals surface area contributed by atoms with Crippen molar-refractivity contribution in [3.05, 3.63) is 11.4 Å². The van der Waals surface area contributed by atoms with Crippen molar-refractivity contribution >= 4 is 17.5 Å². The number of hydrogen-bond acceptors (Lipinski definition) is 5. The number of aromatic nitrogens is 2. The quantitative estimate of drug-likeness (QED) is 0.713. The number of anilines is 2. The molecule has 0 aliphatic carbocycles. The van der Waals surface area contributed by atoms with Crippen LogP contribution in [0.3, 0.4) is 0 Å². The average molecular weight is 237 g/mol. The van der Waals surface area contributed by atoms with E-state index < -0.39 is 0 Å². The second kappa shape index (κ2) is 5.47. The van der Waals surface area contributed by atoms with Crippen molar-refractivity contribution < 1.29 is 4.79 Å². The third-order valence-electron chi connectivity index (χ3n) is 2.16. The molecule has 0 radical (unpaired) electrons. The van der Waals surface area contributed by atoms with Crippen molar-refractivity contribution in [3.8, 4) is 0 Å². The monoisotopic (exact) mass is 237 g/mol. The summed E-state index contributed by atoms with van der Waals surface area (Å²) in [4.78, 5) is 19.7. The first-order valence-electron chi connectivity index (χ1n) is 5.54. The van der Waals surface area contributed by atoms with Crippen LogP contribution in [0.25, 0.3) is 0 Å². The average Bonchev–Trinajstić information content (AvgIpc) is 2.20. The number of carbonyl (C=O) groups is 1. The van der Waals surface area contributed by atoms with Crippen molar-refractivity contribution in [1.29, 1.82) is 0 Å². The predicted molar refractivity (Wildman–Crippen MR) is 67.7 cm³/mol. The van der Waals surface area contributed by atoms with Gasteiger partial charge in [-0.2, -0.15) is 0 Å². The largest absolute Gasteiger partial charge is 0.383 e. The molecule has 0 spiro atoms. The van der Waals surface area contributed by atoms with Gasteiger partial charge in [0.1, 0.15) is 17.5 Å². The fraction of sp³-hybridized carbons (Fsp3) is 0.545. The lowest BCUT2D eigenvalue weighted by Crippen LogP contribution is -2.35. The van der Waals surface area contributed by atoms with Crippen molar-refractivity contribution in [2.45, 2.75) is 33.7 Å². The Bertz CT molecular complexity index is 417. The maximum Gasteiger partial charge on any atom is 0.239 e. The predicted octanol–water partition coefficient (Wildman–Crippen LogP) is 0.612. The Morgan fingerprint density at radius 2 is 2.00 bits per heavy atom. The number of hydrogen-bond donors (Lipinski definition) is 3. The van der Waals surface area contributed by atoms with Crippen LogP contribution in [0, 0.1) is 13.8 Å². The van der Waals surface area contributed by atoms with Gasteiger partial charge in [-0.15, -0.1) is 0 Å². The molecule has 0 aliphatic rings. The molecule has 0 aromatic carbocycles. The third kappa shape index (κ3) is 3.90. The van der Waals surface area contributed by atoms with Crippen LogP contribution >= 0.6 is 0 Å². The van der Waals surface area contributed by atoms with Gasteiger partial charge < -0.3 is 16.4 Å². The third-order valence-corrected chi connectivity index (χ3v) is 2.16. The molecular formula is C11H19N5O. The number of aryl methyl sites for hydroxylation is 1. The first-order chi connectivity index (χ1) is 7.90. The minimum Gasteiger partial charge on any atom is -0.383 e. The second-order valence-corrected chi connectivity index (χ2v) is 4.21. The summed E-state index contributed by atoms with van der Waals surface area (Å²) in [6.45, 7) is 7.58. The summed E-state index contributed by atoms with van der Waals surface area (Å²) in [6, 6.07) is 0.127. The highest BCUT2D eigenvalue weighted by Crippen LogP contribution is 2.16. The Morgan fingerprint density at radius 1 is 1.35 bits per heavy atom. The number of rotatable bonds is 4. The van der Waals surface area contributed by atoms with Crippen molar-refractivity contribution in [2.24, 2.45) is 0 Å². The zero-order valence-corrected chi connectivity index (χ0v) is 10.7. The Labute approximate surface area is 101 Å². The number of amides is 1. The Kier molecular flexibility index (Phi) is 4.25. The molecule has 6 heteroatoms. The van der Waals surface area contributed by atoms with Crippen LogP contribution in [0.15, 0.2) is 0 Å². The van der Waals surface area contributed by atoms with Gasteiger partial charge in [-0.05, 0) is 27.7 Å². The second-order valence-electron chi connectivity index (χ2n) is 4.21. The molecule has 17 heavy (non-hydrogen) atoms. The molecule has 0 saturated heterocycles. The normalized spacial score (nSPS) is 10.4. The molecule has 0 aliphatic heterocycles. The summed E-state index contributed by atoms with van der Waals surface area (Å²) in [5.74, 6) is 1.55. The first kappa shape index (κ1) is 13.2. The zero-order chi connectivity index (χ0) is 13.0. The first-order valence-corrected chi connectivity index (χ1v) is 5.54. The molecule has 0 saturated carbocycles. The van der Waals surface area contributed by atoms with Gasteiger partial charge in [-0.1, -0.05) is 0 Å². The number of nitrogens with two attached hydrogens (primary N) is 1. The fourth-order valence-electron chi connectivity index (χ4n) is 1.36. The molecule has 1 heterocycles. The van der Waals surface area contributed by atoms with E-state index in [9.17, 15) is 4.79 Å². The van der Waals surface area contributed by atoms with Gasteiger partial charge in [-0.25, -0.2) is 9.97 Å². The van der Waals surface area contributed by atoms with Gasteiger partial charge in [0.2, 0.25) is 5.91 Å². The van der Waals surface area contributed by atoms with E-state index in [1.54, 1.807) is 6.92 Å². The number of nitrogens with one attached hydrogen (secondary N) is 2. The Hall–Kier alpha value is -1.85. The molecule has 1 amide bonds. The Balaban J connectivity index is 2.66. The van der Waals surface area contributed by atoms with Crippen LogP contribution in [0.1, 0.15) is 25.2 Å². The van der Waals surface area contributed by atoms with E-state index in [1.165, 1.54) is 0 Å². The lowest BCUT2D eigenvalue weighted by molar-refractivity contribution is -0.119. The molecule has 0 unspecified atom stereocenters. The van der Waals surface area contributed by atoms with Crippen LogP contribution in [-0.2, 0) is 4.79 Å². The maximum atomic E-state index is 11.5. The van der Waals surface area contributed by atoms with E-state index in [1.807, 2.05) is 20.8 Å². The van der Waals surface area contributed by atoms with Crippen molar-refractivity contribution in [3.63, 3.8) is 0 Å². The van der Waals surface area contributed by atoms with E-state index in [0.29, 0.717) is 17.5 Å². The topological polar surface area (TPSA) is 92.9 Å². The van der Waals surface area contributed by atoms with Crippen molar-refractivity contribution in [1.82, 2.24) is 15.3 Å².